The Labute approximate surface area is 120 Å². The van der Waals surface area contributed by atoms with Gasteiger partial charge < -0.3 is 15.2 Å². The Morgan fingerprint density at radius 3 is 2.35 bits per heavy atom. The number of nitrogens with zero attached hydrogens (tertiary/aromatic N) is 1. The zero-order valence-corrected chi connectivity index (χ0v) is 12.0. The van der Waals surface area contributed by atoms with Crippen molar-refractivity contribution in [3.05, 3.63) is 36.4 Å². The van der Waals surface area contributed by atoms with Gasteiger partial charge in [0.2, 0.25) is 0 Å². The summed E-state index contributed by atoms with van der Waals surface area (Å²) >= 11 is 1.60. The number of anilines is 1. The van der Waals surface area contributed by atoms with Crippen molar-refractivity contribution in [1.82, 2.24) is 4.98 Å². The summed E-state index contributed by atoms with van der Waals surface area (Å²) in [5.74, 6) is 1.50. The van der Waals surface area contributed by atoms with Gasteiger partial charge in [-0.05, 0) is 30.3 Å². The quantitative estimate of drug-likeness (QED) is 0.748. The minimum absolute atomic E-state index is 0.746. The average Bonchev–Trinajstić information content (AvgIpc) is 2.89. The van der Waals surface area contributed by atoms with Crippen LogP contribution >= 0.6 is 11.3 Å². The van der Waals surface area contributed by atoms with E-state index in [0.29, 0.717) is 0 Å². The minimum Gasteiger partial charge on any atom is -0.497 e. The van der Waals surface area contributed by atoms with E-state index in [2.05, 4.69) is 4.98 Å². The zero-order chi connectivity index (χ0) is 14.1. The molecule has 0 atom stereocenters. The maximum absolute atomic E-state index is 5.80. The number of nitrogens with two attached hydrogens (primary N) is 1. The van der Waals surface area contributed by atoms with Gasteiger partial charge in [-0.1, -0.05) is 0 Å². The average molecular weight is 286 g/mol. The molecule has 3 rings (SSSR count). The fourth-order valence-electron chi connectivity index (χ4n) is 2.00. The number of rotatable bonds is 3. The summed E-state index contributed by atoms with van der Waals surface area (Å²) in [7, 11) is 3.27. The summed E-state index contributed by atoms with van der Waals surface area (Å²) < 4.78 is 11.6. The normalized spacial score (nSPS) is 10.7. The van der Waals surface area contributed by atoms with Crippen LogP contribution in [0.5, 0.6) is 11.5 Å². The van der Waals surface area contributed by atoms with Gasteiger partial charge in [0.15, 0.2) is 0 Å². The highest BCUT2D eigenvalue weighted by Gasteiger charge is 2.09. The highest BCUT2D eigenvalue weighted by molar-refractivity contribution is 7.21. The van der Waals surface area contributed by atoms with E-state index in [1.165, 1.54) is 0 Å². The van der Waals surface area contributed by atoms with Crippen molar-refractivity contribution in [3.8, 4) is 22.1 Å². The predicted molar refractivity (Wildman–Crippen MR) is 82.6 cm³/mol. The number of hydrogen-bond acceptors (Lipinski definition) is 5. The van der Waals surface area contributed by atoms with Crippen LogP contribution in [0.2, 0.25) is 0 Å². The van der Waals surface area contributed by atoms with Crippen molar-refractivity contribution in [1.29, 1.82) is 0 Å². The minimum atomic E-state index is 0.746. The number of thiazole rings is 1. The molecule has 0 spiro atoms. The van der Waals surface area contributed by atoms with E-state index in [1.54, 1.807) is 25.6 Å². The van der Waals surface area contributed by atoms with E-state index in [4.69, 9.17) is 15.2 Å². The molecule has 102 valence electrons. The molecule has 0 aliphatic heterocycles. The number of nitrogen functional groups attached to an aromatic ring is 1. The molecule has 3 aromatic rings. The molecular formula is C15H14N2O2S. The van der Waals surface area contributed by atoms with E-state index in [9.17, 15) is 0 Å². The molecule has 0 fully saturated rings. The second-order valence-electron chi connectivity index (χ2n) is 4.35. The molecule has 0 bridgehead atoms. The molecule has 2 aromatic carbocycles. The standard InChI is InChI=1S/C15H14N2O2S/c1-18-11-5-9(6-12(8-11)19-2)15-17-13-4-3-10(16)7-14(13)20-15/h3-8H,16H2,1-2H3. The van der Waals surface area contributed by atoms with Gasteiger partial charge >= 0.3 is 0 Å². The van der Waals surface area contributed by atoms with Gasteiger partial charge in [0.05, 0.1) is 24.4 Å². The molecule has 5 heteroatoms. The van der Waals surface area contributed by atoms with Crippen LogP contribution in [0.25, 0.3) is 20.8 Å². The lowest BCUT2D eigenvalue weighted by Crippen LogP contribution is -1.88. The van der Waals surface area contributed by atoms with Gasteiger partial charge in [-0.15, -0.1) is 11.3 Å². The van der Waals surface area contributed by atoms with Gasteiger partial charge in [0.25, 0.3) is 0 Å². The number of benzene rings is 2. The zero-order valence-electron chi connectivity index (χ0n) is 11.2. The summed E-state index contributed by atoms with van der Waals surface area (Å²) in [6.45, 7) is 0. The first-order valence-electron chi connectivity index (χ1n) is 6.09. The number of hydrogen-bond donors (Lipinski definition) is 1. The number of fused-ring (bicyclic) bond motifs is 1. The van der Waals surface area contributed by atoms with Crippen molar-refractivity contribution in [3.63, 3.8) is 0 Å². The van der Waals surface area contributed by atoms with Crippen LogP contribution in [0.3, 0.4) is 0 Å². The highest BCUT2D eigenvalue weighted by Crippen LogP contribution is 2.35. The number of ether oxygens (including phenoxy) is 2. The fourth-order valence-corrected chi connectivity index (χ4v) is 3.00. The first-order chi connectivity index (χ1) is 9.69. The Kier molecular flexibility index (Phi) is 3.20. The van der Waals surface area contributed by atoms with Crippen LogP contribution in [0.15, 0.2) is 36.4 Å². The summed E-state index contributed by atoms with van der Waals surface area (Å²) in [5.41, 5.74) is 8.47. The van der Waals surface area contributed by atoms with Crippen molar-refractivity contribution in [2.24, 2.45) is 0 Å². The lowest BCUT2D eigenvalue weighted by Gasteiger charge is -2.06. The molecule has 0 saturated heterocycles. The summed E-state index contributed by atoms with van der Waals surface area (Å²) in [6.07, 6.45) is 0. The third-order valence-corrected chi connectivity index (χ3v) is 4.08. The summed E-state index contributed by atoms with van der Waals surface area (Å²) in [4.78, 5) is 4.63. The number of methoxy groups -OCH3 is 2. The smallest absolute Gasteiger partial charge is 0.124 e. The van der Waals surface area contributed by atoms with Crippen LogP contribution in [-0.4, -0.2) is 19.2 Å². The lowest BCUT2D eigenvalue weighted by atomic mass is 10.2. The Hall–Kier alpha value is -2.27. The Morgan fingerprint density at radius 2 is 1.70 bits per heavy atom. The molecule has 20 heavy (non-hydrogen) atoms. The van der Waals surface area contributed by atoms with Crippen molar-refractivity contribution < 1.29 is 9.47 Å². The van der Waals surface area contributed by atoms with E-state index < -0.39 is 0 Å². The van der Waals surface area contributed by atoms with Crippen LogP contribution in [0, 0.1) is 0 Å². The molecule has 2 N–H and O–H groups in total. The second-order valence-corrected chi connectivity index (χ2v) is 5.38. The molecule has 0 unspecified atom stereocenters. The maximum atomic E-state index is 5.80. The van der Waals surface area contributed by atoms with Crippen molar-refractivity contribution in [2.45, 2.75) is 0 Å². The van der Waals surface area contributed by atoms with Crippen LogP contribution in [0.1, 0.15) is 0 Å². The Morgan fingerprint density at radius 1 is 1.00 bits per heavy atom. The molecular weight excluding hydrogens is 272 g/mol. The highest BCUT2D eigenvalue weighted by atomic mass is 32.1. The predicted octanol–water partition coefficient (Wildman–Crippen LogP) is 3.56. The van der Waals surface area contributed by atoms with E-state index in [0.717, 1.165) is 38.0 Å². The molecule has 1 heterocycles. The molecule has 0 radical (unpaired) electrons. The number of aromatic nitrogens is 1. The van der Waals surface area contributed by atoms with Gasteiger partial charge in [-0.2, -0.15) is 0 Å². The lowest BCUT2D eigenvalue weighted by molar-refractivity contribution is 0.394. The summed E-state index contributed by atoms with van der Waals surface area (Å²) in [6, 6.07) is 11.5. The molecule has 4 nitrogen and oxygen atoms in total. The Bertz CT molecular complexity index is 745. The van der Waals surface area contributed by atoms with Crippen molar-refractivity contribution >= 4 is 27.2 Å². The van der Waals surface area contributed by atoms with Crippen molar-refractivity contribution in [2.75, 3.05) is 20.0 Å². The third kappa shape index (κ3) is 2.28. The van der Waals surface area contributed by atoms with Crippen LogP contribution in [-0.2, 0) is 0 Å². The molecule has 0 amide bonds. The SMILES string of the molecule is COc1cc(OC)cc(-c2nc3ccc(N)cc3s2)c1. The van der Waals surface area contributed by atoms with Crippen LogP contribution < -0.4 is 15.2 Å². The Balaban J connectivity index is 2.14. The molecule has 0 aliphatic carbocycles. The first-order valence-corrected chi connectivity index (χ1v) is 6.91. The second kappa shape index (κ2) is 5.02. The largest absolute Gasteiger partial charge is 0.497 e. The fraction of sp³-hybridized carbons (Fsp3) is 0.133. The van der Waals surface area contributed by atoms with Gasteiger partial charge in [0, 0.05) is 17.3 Å². The topological polar surface area (TPSA) is 57.4 Å². The monoisotopic (exact) mass is 286 g/mol. The molecule has 0 aliphatic rings. The van der Waals surface area contributed by atoms with Gasteiger partial charge in [-0.3, -0.25) is 0 Å². The first kappa shape index (κ1) is 12.7. The van der Waals surface area contributed by atoms with Gasteiger partial charge in [-0.25, -0.2) is 4.98 Å². The third-order valence-electron chi connectivity index (χ3n) is 3.01. The molecule has 1 aromatic heterocycles. The van der Waals surface area contributed by atoms with Gasteiger partial charge in [0.1, 0.15) is 16.5 Å². The van der Waals surface area contributed by atoms with E-state index in [1.807, 2.05) is 36.4 Å². The summed E-state index contributed by atoms with van der Waals surface area (Å²) in [5, 5.41) is 0.919. The molecule has 0 saturated carbocycles. The van der Waals surface area contributed by atoms with E-state index in [-0.39, 0.29) is 0 Å². The van der Waals surface area contributed by atoms with E-state index >= 15 is 0 Å². The van der Waals surface area contributed by atoms with Crippen LogP contribution in [0.4, 0.5) is 5.69 Å². The maximum Gasteiger partial charge on any atom is 0.124 e.